The summed E-state index contributed by atoms with van der Waals surface area (Å²) >= 11 is 0. The van der Waals surface area contributed by atoms with Crippen LogP contribution >= 0.6 is 0 Å². The van der Waals surface area contributed by atoms with Crippen molar-refractivity contribution >= 4 is 0 Å². The fourth-order valence-corrected chi connectivity index (χ4v) is 2.65. The zero-order valence-electron chi connectivity index (χ0n) is 12.0. The lowest BCUT2D eigenvalue weighted by molar-refractivity contribution is 0.394. The molecule has 17 heavy (non-hydrogen) atoms. The number of nitrogens with one attached hydrogen (secondary N) is 1. The van der Waals surface area contributed by atoms with Crippen molar-refractivity contribution in [2.24, 2.45) is 11.8 Å². The smallest absolute Gasteiger partial charge is 0.00202 e. The van der Waals surface area contributed by atoms with Crippen LogP contribution in [0.15, 0.2) is 18.2 Å². The fourth-order valence-electron chi connectivity index (χ4n) is 2.65. The van der Waals surface area contributed by atoms with Crippen molar-refractivity contribution in [3.8, 4) is 0 Å². The minimum Gasteiger partial charge on any atom is -0.319 e. The van der Waals surface area contributed by atoms with Crippen molar-refractivity contribution < 1.29 is 0 Å². The zero-order valence-corrected chi connectivity index (χ0v) is 12.0. The lowest BCUT2D eigenvalue weighted by atomic mass is 9.87. The van der Waals surface area contributed by atoms with Gasteiger partial charge in [-0.3, -0.25) is 0 Å². The van der Waals surface area contributed by atoms with Crippen molar-refractivity contribution in [3.63, 3.8) is 0 Å². The molecule has 1 nitrogen and oxygen atoms in total. The molecule has 1 unspecified atom stereocenters. The Labute approximate surface area is 107 Å². The third kappa shape index (κ3) is 4.51. The Kier molecular flexibility index (Phi) is 5.70. The quantitative estimate of drug-likeness (QED) is 0.789. The summed E-state index contributed by atoms with van der Waals surface area (Å²) in [6.07, 6.45) is 2.51. The van der Waals surface area contributed by atoms with Gasteiger partial charge in [-0.25, -0.2) is 0 Å². The van der Waals surface area contributed by atoms with Crippen LogP contribution in [0.2, 0.25) is 0 Å². The molecule has 0 aliphatic rings. The summed E-state index contributed by atoms with van der Waals surface area (Å²) in [6, 6.07) is 6.62. The average Bonchev–Trinajstić information content (AvgIpc) is 2.23. The van der Waals surface area contributed by atoms with Crippen LogP contribution in [0.3, 0.4) is 0 Å². The standard InChI is InChI=1S/C16H27N/c1-12(2)9-15(11-17-5)10-16-13(3)7-6-8-14(16)4/h6-8,12,15,17H,9-11H2,1-5H3. The normalized spacial score (nSPS) is 13.1. The lowest BCUT2D eigenvalue weighted by Gasteiger charge is -2.21. The van der Waals surface area contributed by atoms with Crippen LogP contribution in [0.4, 0.5) is 0 Å². The number of hydrogen-bond acceptors (Lipinski definition) is 1. The van der Waals surface area contributed by atoms with Crippen molar-refractivity contribution in [1.82, 2.24) is 5.32 Å². The first kappa shape index (κ1) is 14.2. The molecule has 0 spiro atoms. The Bertz CT molecular complexity index is 321. The zero-order chi connectivity index (χ0) is 12.8. The summed E-state index contributed by atoms with van der Waals surface area (Å²) in [7, 11) is 2.05. The van der Waals surface area contributed by atoms with Crippen LogP contribution in [-0.4, -0.2) is 13.6 Å². The highest BCUT2D eigenvalue weighted by Gasteiger charge is 2.13. The van der Waals surface area contributed by atoms with E-state index in [1.54, 1.807) is 5.56 Å². The van der Waals surface area contributed by atoms with Gasteiger partial charge in [0.2, 0.25) is 0 Å². The van der Waals surface area contributed by atoms with Gasteiger partial charge in [-0.1, -0.05) is 32.0 Å². The predicted molar refractivity (Wildman–Crippen MR) is 76.5 cm³/mol. The maximum Gasteiger partial charge on any atom is -0.00202 e. The molecule has 0 saturated carbocycles. The van der Waals surface area contributed by atoms with E-state index >= 15 is 0 Å². The van der Waals surface area contributed by atoms with E-state index in [-0.39, 0.29) is 0 Å². The van der Waals surface area contributed by atoms with Crippen LogP contribution in [0.25, 0.3) is 0 Å². The monoisotopic (exact) mass is 233 g/mol. The summed E-state index contributed by atoms with van der Waals surface area (Å²) < 4.78 is 0. The summed E-state index contributed by atoms with van der Waals surface area (Å²) in [5, 5.41) is 3.33. The fraction of sp³-hybridized carbons (Fsp3) is 0.625. The third-order valence-corrected chi connectivity index (χ3v) is 3.43. The molecule has 0 radical (unpaired) electrons. The maximum absolute atomic E-state index is 3.33. The van der Waals surface area contributed by atoms with Gasteiger partial charge in [0, 0.05) is 0 Å². The van der Waals surface area contributed by atoms with Gasteiger partial charge in [0.05, 0.1) is 0 Å². The lowest BCUT2D eigenvalue weighted by Crippen LogP contribution is -2.23. The van der Waals surface area contributed by atoms with Gasteiger partial charge in [-0.2, -0.15) is 0 Å². The predicted octanol–water partition coefficient (Wildman–Crippen LogP) is 3.73. The topological polar surface area (TPSA) is 12.0 Å². The molecular formula is C16H27N. The van der Waals surface area contributed by atoms with Crippen LogP contribution in [0.5, 0.6) is 0 Å². The minimum atomic E-state index is 0.750. The SMILES string of the molecule is CNCC(Cc1c(C)cccc1C)CC(C)C. The van der Waals surface area contributed by atoms with E-state index in [9.17, 15) is 0 Å². The first-order valence-electron chi connectivity index (χ1n) is 6.74. The molecule has 1 aromatic rings. The van der Waals surface area contributed by atoms with Gasteiger partial charge in [-0.05, 0) is 68.8 Å². The van der Waals surface area contributed by atoms with Crippen molar-refractivity contribution in [2.75, 3.05) is 13.6 Å². The van der Waals surface area contributed by atoms with Crippen molar-refractivity contribution in [3.05, 3.63) is 34.9 Å². The second-order valence-electron chi connectivity index (χ2n) is 5.63. The second-order valence-corrected chi connectivity index (χ2v) is 5.63. The molecule has 0 aliphatic heterocycles. The van der Waals surface area contributed by atoms with Gasteiger partial charge < -0.3 is 5.32 Å². The molecular weight excluding hydrogens is 206 g/mol. The van der Waals surface area contributed by atoms with Crippen LogP contribution in [0, 0.1) is 25.7 Å². The van der Waals surface area contributed by atoms with E-state index in [2.05, 4.69) is 58.3 Å². The summed E-state index contributed by atoms with van der Waals surface area (Å²) in [5.41, 5.74) is 4.43. The Morgan fingerprint density at radius 2 is 1.71 bits per heavy atom. The van der Waals surface area contributed by atoms with E-state index in [4.69, 9.17) is 0 Å². The number of hydrogen-bond donors (Lipinski definition) is 1. The van der Waals surface area contributed by atoms with Crippen molar-refractivity contribution in [2.45, 2.75) is 40.5 Å². The average molecular weight is 233 g/mol. The molecule has 1 heteroatoms. The maximum atomic E-state index is 3.33. The van der Waals surface area contributed by atoms with E-state index in [1.165, 1.54) is 24.0 Å². The highest BCUT2D eigenvalue weighted by atomic mass is 14.8. The molecule has 0 saturated heterocycles. The molecule has 0 aromatic heterocycles. The highest BCUT2D eigenvalue weighted by molar-refractivity contribution is 5.33. The molecule has 0 aliphatic carbocycles. The molecule has 1 aromatic carbocycles. The number of aryl methyl sites for hydroxylation is 2. The molecule has 0 fully saturated rings. The van der Waals surface area contributed by atoms with Crippen molar-refractivity contribution in [1.29, 1.82) is 0 Å². The summed E-state index contributed by atoms with van der Waals surface area (Å²) in [6.45, 7) is 10.2. The van der Waals surface area contributed by atoms with Gasteiger partial charge in [0.15, 0.2) is 0 Å². The summed E-state index contributed by atoms with van der Waals surface area (Å²) in [5.74, 6) is 1.53. The van der Waals surface area contributed by atoms with Gasteiger partial charge in [0.1, 0.15) is 0 Å². The number of rotatable bonds is 6. The highest BCUT2D eigenvalue weighted by Crippen LogP contribution is 2.21. The molecule has 0 bridgehead atoms. The Hall–Kier alpha value is -0.820. The summed E-state index contributed by atoms with van der Waals surface area (Å²) in [4.78, 5) is 0. The first-order chi connectivity index (χ1) is 8.04. The molecule has 0 amide bonds. The number of benzene rings is 1. The third-order valence-electron chi connectivity index (χ3n) is 3.43. The van der Waals surface area contributed by atoms with Crippen LogP contribution < -0.4 is 5.32 Å². The van der Waals surface area contributed by atoms with E-state index < -0.39 is 0 Å². The molecule has 1 rings (SSSR count). The van der Waals surface area contributed by atoms with Gasteiger partial charge in [0.25, 0.3) is 0 Å². The van der Waals surface area contributed by atoms with E-state index in [1.807, 2.05) is 0 Å². The Morgan fingerprint density at radius 1 is 1.12 bits per heavy atom. The van der Waals surface area contributed by atoms with Crippen LogP contribution in [-0.2, 0) is 6.42 Å². The minimum absolute atomic E-state index is 0.750. The second kappa shape index (κ2) is 6.80. The molecule has 1 atom stereocenters. The van der Waals surface area contributed by atoms with Gasteiger partial charge >= 0.3 is 0 Å². The van der Waals surface area contributed by atoms with E-state index in [0.717, 1.165) is 18.4 Å². The van der Waals surface area contributed by atoms with Gasteiger partial charge in [-0.15, -0.1) is 0 Å². The molecule has 96 valence electrons. The molecule has 1 N–H and O–H groups in total. The van der Waals surface area contributed by atoms with Crippen LogP contribution in [0.1, 0.15) is 37.0 Å². The Balaban J connectivity index is 2.78. The molecule has 0 heterocycles. The Morgan fingerprint density at radius 3 is 2.18 bits per heavy atom. The first-order valence-corrected chi connectivity index (χ1v) is 6.74. The van der Waals surface area contributed by atoms with E-state index in [0.29, 0.717) is 0 Å². The largest absolute Gasteiger partial charge is 0.319 e.